The number of nitrogens with zero attached hydrogens (tertiary/aromatic N) is 2. The van der Waals surface area contributed by atoms with E-state index in [1.165, 1.54) is 18.7 Å². The third-order valence-electron chi connectivity index (χ3n) is 4.77. The standard InChI is InChI=1S/C20H16FN5O.2H2/c21-16-7-14-11(5-12(16)8-22)1-4-18(14)26-13-2-3-17(23)15(6-13)20(24)19-9-25-10-27-19;;/h2-3,5-7,9-10,18,24,26H,1,4,23H2;2*1H/t18-;;/m1../s1. The molecule has 0 saturated heterocycles. The lowest BCUT2D eigenvalue weighted by molar-refractivity contribution is 0.548. The highest BCUT2D eigenvalue weighted by molar-refractivity contribution is 6.12. The van der Waals surface area contributed by atoms with Crippen molar-refractivity contribution in [2.45, 2.75) is 18.9 Å². The van der Waals surface area contributed by atoms with E-state index in [9.17, 15) is 4.39 Å². The van der Waals surface area contributed by atoms with Gasteiger partial charge in [-0.25, -0.2) is 9.37 Å². The smallest absolute Gasteiger partial charge is 0.181 e. The molecule has 0 aliphatic heterocycles. The highest BCUT2D eigenvalue weighted by Crippen LogP contribution is 2.36. The van der Waals surface area contributed by atoms with Crippen LogP contribution in [-0.4, -0.2) is 10.7 Å². The SMILES string of the molecule is N#Cc1cc2c(cc1F)[C@H](Nc1ccc(N)c(C(=N)c3cnco3)c1)CC2.[HH].[HH]. The van der Waals surface area contributed by atoms with Gasteiger partial charge in [0.2, 0.25) is 0 Å². The van der Waals surface area contributed by atoms with Crippen molar-refractivity contribution in [3.63, 3.8) is 0 Å². The number of oxazole rings is 1. The fourth-order valence-corrected chi connectivity index (χ4v) is 3.40. The predicted octanol–water partition coefficient (Wildman–Crippen LogP) is 4.28. The molecule has 1 aliphatic carbocycles. The van der Waals surface area contributed by atoms with Crippen molar-refractivity contribution in [2.24, 2.45) is 0 Å². The van der Waals surface area contributed by atoms with Gasteiger partial charge in [-0.1, -0.05) is 0 Å². The van der Waals surface area contributed by atoms with Crippen LogP contribution in [0.3, 0.4) is 0 Å². The maximum absolute atomic E-state index is 14.0. The van der Waals surface area contributed by atoms with Crippen LogP contribution in [-0.2, 0) is 6.42 Å². The van der Waals surface area contributed by atoms with Gasteiger partial charge in [-0.3, -0.25) is 5.41 Å². The Hall–Kier alpha value is -3.66. The van der Waals surface area contributed by atoms with Crippen molar-refractivity contribution in [3.8, 4) is 6.07 Å². The highest BCUT2D eigenvalue weighted by Gasteiger charge is 2.25. The highest BCUT2D eigenvalue weighted by atomic mass is 19.1. The molecule has 0 unspecified atom stereocenters. The Morgan fingerprint density at radius 1 is 1.41 bits per heavy atom. The average molecular weight is 365 g/mol. The van der Waals surface area contributed by atoms with Gasteiger partial charge in [0.1, 0.15) is 17.6 Å². The van der Waals surface area contributed by atoms with Crippen molar-refractivity contribution in [3.05, 3.63) is 76.8 Å². The Balaban J connectivity index is 0.00000150. The number of hydrogen-bond acceptors (Lipinski definition) is 6. The van der Waals surface area contributed by atoms with E-state index >= 15 is 0 Å². The van der Waals surface area contributed by atoms with Gasteiger partial charge in [0.05, 0.1) is 17.8 Å². The number of nitrogen functional groups attached to an aromatic ring is 1. The van der Waals surface area contributed by atoms with Gasteiger partial charge < -0.3 is 15.5 Å². The molecule has 1 heterocycles. The third-order valence-corrected chi connectivity index (χ3v) is 4.77. The first-order valence-corrected chi connectivity index (χ1v) is 8.43. The molecule has 138 valence electrons. The van der Waals surface area contributed by atoms with Crippen LogP contribution < -0.4 is 11.1 Å². The second kappa shape index (κ2) is 6.57. The molecule has 4 rings (SSSR count). The fraction of sp³-hybridized carbons (Fsp3) is 0.150. The second-order valence-corrected chi connectivity index (χ2v) is 6.42. The second-order valence-electron chi connectivity index (χ2n) is 6.42. The Bertz CT molecular complexity index is 1080. The zero-order valence-electron chi connectivity index (χ0n) is 14.3. The molecule has 0 spiro atoms. The Morgan fingerprint density at radius 3 is 3.00 bits per heavy atom. The summed E-state index contributed by atoms with van der Waals surface area (Å²) in [5, 5.41) is 20.6. The Kier molecular flexibility index (Phi) is 4.09. The first kappa shape index (κ1) is 16.8. The van der Waals surface area contributed by atoms with Crippen LogP contribution in [0.5, 0.6) is 0 Å². The number of aromatic nitrogens is 1. The quantitative estimate of drug-likeness (QED) is 0.472. The van der Waals surface area contributed by atoms with Gasteiger partial charge in [-0.15, -0.1) is 0 Å². The normalized spacial score (nSPS) is 15.2. The molecule has 0 radical (unpaired) electrons. The number of rotatable bonds is 4. The van der Waals surface area contributed by atoms with E-state index in [2.05, 4.69) is 10.3 Å². The molecule has 4 N–H and O–H groups in total. The number of halogens is 1. The molecule has 1 atom stereocenters. The molecule has 1 aromatic heterocycles. The zero-order valence-corrected chi connectivity index (χ0v) is 14.3. The molecule has 1 aliphatic rings. The van der Waals surface area contributed by atoms with Crippen LogP contribution in [0.25, 0.3) is 0 Å². The number of nitrogens with one attached hydrogen (secondary N) is 2. The Labute approximate surface area is 157 Å². The van der Waals surface area contributed by atoms with Crippen molar-refractivity contribution in [2.75, 3.05) is 11.1 Å². The summed E-state index contributed by atoms with van der Waals surface area (Å²) in [4.78, 5) is 3.83. The number of aryl methyl sites for hydroxylation is 1. The van der Waals surface area contributed by atoms with E-state index in [1.807, 2.05) is 12.1 Å². The first-order chi connectivity index (χ1) is 13.1. The summed E-state index contributed by atoms with van der Waals surface area (Å²) in [7, 11) is 0. The lowest BCUT2D eigenvalue weighted by Crippen LogP contribution is -2.10. The monoisotopic (exact) mass is 365 g/mol. The van der Waals surface area contributed by atoms with Crippen molar-refractivity contribution in [1.29, 1.82) is 10.7 Å². The van der Waals surface area contributed by atoms with Crippen LogP contribution in [0.1, 0.15) is 43.3 Å². The molecule has 0 fully saturated rings. The fourth-order valence-electron chi connectivity index (χ4n) is 3.40. The van der Waals surface area contributed by atoms with Gasteiger partial charge in [0.25, 0.3) is 0 Å². The van der Waals surface area contributed by atoms with Gasteiger partial charge in [0, 0.05) is 19.8 Å². The largest absolute Gasteiger partial charge is 0.442 e. The molecule has 0 amide bonds. The van der Waals surface area contributed by atoms with E-state index in [4.69, 9.17) is 20.8 Å². The van der Waals surface area contributed by atoms with Gasteiger partial charge in [-0.2, -0.15) is 5.26 Å². The molecule has 0 bridgehead atoms. The number of nitriles is 1. The average Bonchev–Trinajstić information content (AvgIpc) is 3.33. The minimum Gasteiger partial charge on any atom is -0.442 e. The molecule has 2 aromatic carbocycles. The number of anilines is 2. The van der Waals surface area contributed by atoms with E-state index in [-0.39, 0.29) is 20.2 Å². The number of fused-ring (bicyclic) bond motifs is 1. The number of hydrogen-bond donors (Lipinski definition) is 3. The molecule has 0 saturated carbocycles. The van der Waals surface area contributed by atoms with Gasteiger partial charge >= 0.3 is 0 Å². The topological polar surface area (TPSA) is 112 Å². The van der Waals surface area contributed by atoms with E-state index in [0.29, 0.717) is 17.0 Å². The van der Waals surface area contributed by atoms with Crippen molar-refractivity contribution >= 4 is 17.1 Å². The summed E-state index contributed by atoms with van der Waals surface area (Å²) < 4.78 is 19.2. The van der Waals surface area contributed by atoms with E-state index in [1.54, 1.807) is 18.2 Å². The van der Waals surface area contributed by atoms with Crippen LogP contribution in [0.15, 0.2) is 47.3 Å². The third kappa shape index (κ3) is 3.02. The summed E-state index contributed by atoms with van der Waals surface area (Å²) in [5.41, 5.74) is 9.83. The minimum absolute atomic E-state index is 0. The van der Waals surface area contributed by atoms with E-state index in [0.717, 1.165) is 29.7 Å². The van der Waals surface area contributed by atoms with Crippen LogP contribution >= 0.6 is 0 Å². The van der Waals surface area contributed by atoms with Gasteiger partial charge in [0.15, 0.2) is 12.2 Å². The number of nitrogens with two attached hydrogens (primary N) is 1. The lowest BCUT2D eigenvalue weighted by atomic mass is 10.0. The van der Waals surface area contributed by atoms with Crippen molar-refractivity contribution < 1.29 is 11.7 Å². The maximum Gasteiger partial charge on any atom is 0.181 e. The summed E-state index contributed by atoms with van der Waals surface area (Å²) in [5.74, 6) is -0.175. The number of benzene rings is 2. The molecule has 6 nitrogen and oxygen atoms in total. The molecular formula is C20H20FN5O. The lowest BCUT2D eigenvalue weighted by Gasteiger charge is -2.17. The maximum atomic E-state index is 14.0. The predicted molar refractivity (Wildman–Crippen MR) is 103 cm³/mol. The Morgan fingerprint density at radius 2 is 2.26 bits per heavy atom. The summed E-state index contributed by atoms with van der Waals surface area (Å²) >= 11 is 0. The van der Waals surface area contributed by atoms with Gasteiger partial charge in [-0.05, 0) is 54.3 Å². The molecule has 27 heavy (non-hydrogen) atoms. The van der Waals surface area contributed by atoms with Crippen LogP contribution in [0.4, 0.5) is 15.8 Å². The van der Waals surface area contributed by atoms with E-state index < -0.39 is 5.82 Å². The first-order valence-electron chi connectivity index (χ1n) is 8.43. The summed E-state index contributed by atoms with van der Waals surface area (Å²) in [6.45, 7) is 0. The zero-order chi connectivity index (χ0) is 19.0. The summed E-state index contributed by atoms with van der Waals surface area (Å²) in [6.07, 6.45) is 4.30. The molecule has 3 aromatic rings. The van der Waals surface area contributed by atoms with Crippen LogP contribution in [0.2, 0.25) is 0 Å². The van der Waals surface area contributed by atoms with Crippen LogP contribution in [0, 0.1) is 22.6 Å². The molecule has 7 heteroatoms. The van der Waals surface area contributed by atoms with Crippen molar-refractivity contribution in [1.82, 2.24) is 4.98 Å². The minimum atomic E-state index is -0.505. The molecular weight excluding hydrogens is 345 g/mol. The summed E-state index contributed by atoms with van der Waals surface area (Å²) in [6, 6.07) is 10.2.